The summed E-state index contributed by atoms with van der Waals surface area (Å²) in [5.41, 5.74) is 11.9. The molecular formula is C30H32N2. The van der Waals surface area contributed by atoms with Crippen LogP contribution in [0.1, 0.15) is 49.9 Å². The molecule has 0 N–H and O–H groups in total. The van der Waals surface area contributed by atoms with Crippen LogP contribution in [0.25, 0.3) is 33.8 Å². The minimum absolute atomic E-state index is 0.969. The highest BCUT2D eigenvalue weighted by atomic mass is 14.7. The van der Waals surface area contributed by atoms with Gasteiger partial charge in [-0.25, -0.2) is 4.98 Å². The maximum absolute atomic E-state index is 5.13. The first-order chi connectivity index (χ1) is 15.6. The molecule has 0 radical (unpaired) electrons. The fourth-order valence-corrected chi connectivity index (χ4v) is 4.12. The highest BCUT2D eigenvalue weighted by molar-refractivity contribution is 5.75. The van der Waals surface area contributed by atoms with Crippen LogP contribution in [0.5, 0.6) is 0 Å². The summed E-state index contributed by atoms with van der Waals surface area (Å²) in [6.45, 7) is 8.79. The maximum atomic E-state index is 5.13. The molecule has 4 aromatic rings. The Kier molecular flexibility index (Phi) is 6.80. The first kappa shape index (κ1) is 22.0. The third kappa shape index (κ3) is 4.65. The molecule has 0 bridgehead atoms. The van der Waals surface area contributed by atoms with Crippen molar-refractivity contribution in [3.63, 3.8) is 0 Å². The SMILES string of the molecule is CCc1ccc(-c2cc(CC)cc(-c3cc(-c4cc(CC)ccn4)ccc3CC)n2)cc1. The Morgan fingerprint density at radius 1 is 0.531 bits per heavy atom. The van der Waals surface area contributed by atoms with E-state index in [-0.39, 0.29) is 0 Å². The Balaban J connectivity index is 1.84. The summed E-state index contributed by atoms with van der Waals surface area (Å²) in [6, 6.07) is 24.3. The lowest BCUT2D eigenvalue weighted by Gasteiger charge is -2.14. The number of benzene rings is 2. The molecule has 0 aliphatic heterocycles. The molecule has 0 saturated heterocycles. The predicted molar refractivity (Wildman–Crippen MR) is 136 cm³/mol. The Bertz CT molecular complexity index is 1210. The molecule has 2 heterocycles. The van der Waals surface area contributed by atoms with E-state index in [0.29, 0.717) is 0 Å². The Labute approximate surface area is 192 Å². The fraction of sp³-hybridized carbons (Fsp3) is 0.267. The molecule has 0 fully saturated rings. The second kappa shape index (κ2) is 9.91. The van der Waals surface area contributed by atoms with Crippen molar-refractivity contribution in [2.75, 3.05) is 0 Å². The molecule has 0 saturated carbocycles. The zero-order valence-corrected chi connectivity index (χ0v) is 19.7. The van der Waals surface area contributed by atoms with E-state index in [2.05, 4.69) is 99.4 Å². The van der Waals surface area contributed by atoms with Crippen molar-refractivity contribution in [1.82, 2.24) is 9.97 Å². The van der Waals surface area contributed by atoms with Crippen LogP contribution in [0, 0.1) is 0 Å². The van der Waals surface area contributed by atoms with Gasteiger partial charge in [0.2, 0.25) is 0 Å². The standard InChI is InChI=1S/C30H32N2/c1-5-21-9-11-25(12-10-21)29-18-23(7-3)19-30(32-29)27-20-26(14-13-24(27)8-4)28-17-22(6-2)15-16-31-28/h9-20H,5-8H2,1-4H3. The molecule has 0 aliphatic rings. The van der Waals surface area contributed by atoms with E-state index in [0.717, 1.165) is 48.3 Å². The van der Waals surface area contributed by atoms with Gasteiger partial charge in [-0.1, -0.05) is 64.1 Å². The molecule has 0 spiro atoms. The molecular weight excluding hydrogens is 388 g/mol. The van der Waals surface area contributed by atoms with Gasteiger partial charge in [-0.2, -0.15) is 0 Å². The molecule has 32 heavy (non-hydrogen) atoms. The normalized spacial score (nSPS) is 11.0. The molecule has 4 rings (SSSR count). The highest BCUT2D eigenvalue weighted by Crippen LogP contribution is 2.31. The maximum Gasteiger partial charge on any atom is 0.0715 e. The van der Waals surface area contributed by atoms with Gasteiger partial charge in [0.15, 0.2) is 0 Å². The number of pyridine rings is 2. The molecule has 2 nitrogen and oxygen atoms in total. The van der Waals surface area contributed by atoms with Crippen molar-refractivity contribution in [3.05, 3.63) is 95.2 Å². The van der Waals surface area contributed by atoms with Gasteiger partial charge in [0.25, 0.3) is 0 Å². The van der Waals surface area contributed by atoms with Gasteiger partial charge in [-0.15, -0.1) is 0 Å². The Morgan fingerprint density at radius 3 is 1.88 bits per heavy atom. The lowest BCUT2D eigenvalue weighted by molar-refractivity contribution is 1.10. The van der Waals surface area contributed by atoms with E-state index in [1.165, 1.54) is 33.4 Å². The highest BCUT2D eigenvalue weighted by Gasteiger charge is 2.12. The van der Waals surface area contributed by atoms with Crippen LogP contribution in [0.15, 0.2) is 72.9 Å². The van der Waals surface area contributed by atoms with Crippen LogP contribution < -0.4 is 0 Å². The van der Waals surface area contributed by atoms with E-state index < -0.39 is 0 Å². The first-order valence-corrected chi connectivity index (χ1v) is 11.8. The molecule has 0 amide bonds. The zero-order chi connectivity index (χ0) is 22.5. The van der Waals surface area contributed by atoms with Gasteiger partial charge in [0.05, 0.1) is 17.1 Å². The lowest BCUT2D eigenvalue weighted by Crippen LogP contribution is -1.97. The fourth-order valence-electron chi connectivity index (χ4n) is 4.12. The van der Waals surface area contributed by atoms with Crippen molar-refractivity contribution in [2.45, 2.75) is 53.4 Å². The number of rotatable bonds is 7. The summed E-state index contributed by atoms with van der Waals surface area (Å²) in [6.07, 6.45) is 5.92. The van der Waals surface area contributed by atoms with Gasteiger partial charge < -0.3 is 0 Å². The monoisotopic (exact) mass is 420 g/mol. The second-order valence-corrected chi connectivity index (χ2v) is 8.28. The summed E-state index contributed by atoms with van der Waals surface area (Å²) in [7, 11) is 0. The number of hydrogen-bond donors (Lipinski definition) is 0. The molecule has 2 aromatic carbocycles. The van der Waals surface area contributed by atoms with Crippen LogP contribution in [0.3, 0.4) is 0 Å². The van der Waals surface area contributed by atoms with Gasteiger partial charge in [-0.05, 0) is 78.3 Å². The van der Waals surface area contributed by atoms with Crippen molar-refractivity contribution in [3.8, 4) is 33.8 Å². The summed E-state index contributed by atoms with van der Waals surface area (Å²) in [5.74, 6) is 0. The van der Waals surface area contributed by atoms with Crippen LogP contribution in [-0.2, 0) is 25.7 Å². The molecule has 0 unspecified atom stereocenters. The molecule has 2 heteroatoms. The third-order valence-corrected chi connectivity index (χ3v) is 6.25. The van der Waals surface area contributed by atoms with Crippen molar-refractivity contribution >= 4 is 0 Å². The van der Waals surface area contributed by atoms with Crippen LogP contribution in [0.4, 0.5) is 0 Å². The number of aromatic nitrogens is 2. The Hall–Kier alpha value is -3.26. The van der Waals surface area contributed by atoms with E-state index in [9.17, 15) is 0 Å². The summed E-state index contributed by atoms with van der Waals surface area (Å²) < 4.78 is 0. The lowest BCUT2D eigenvalue weighted by atomic mass is 9.95. The zero-order valence-electron chi connectivity index (χ0n) is 19.7. The number of hydrogen-bond acceptors (Lipinski definition) is 2. The minimum atomic E-state index is 0.969. The third-order valence-electron chi connectivity index (χ3n) is 6.25. The topological polar surface area (TPSA) is 25.8 Å². The van der Waals surface area contributed by atoms with Gasteiger partial charge in [0.1, 0.15) is 0 Å². The van der Waals surface area contributed by atoms with Gasteiger partial charge in [0, 0.05) is 22.9 Å². The molecule has 0 atom stereocenters. The summed E-state index contributed by atoms with van der Waals surface area (Å²) >= 11 is 0. The van der Waals surface area contributed by atoms with Crippen LogP contribution >= 0.6 is 0 Å². The van der Waals surface area contributed by atoms with Crippen molar-refractivity contribution in [2.24, 2.45) is 0 Å². The van der Waals surface area contributed by atoms with Crippen molar-refractivity contribution in [1.29, 1.82) is 0 Å². The predicted octanol–water partition coefficient (Wildman–Crippen LogP) is 7.73. The summed E-state index contributed by atoms with van der Waals surface area (Å²) in [4.78, 5) is 9.78. The van der Waals surface area contributed by atoms with E-state index >= 15 is 0 Å². The Morgan fingerprint density at radius 2 is 1.19 bits per heavy atom. The molecule has 0 aliphatic carbocycles. The van der Waals surface area contributed by atoms with Gasteiger partial charge >= 0.3 is 0 Å². The van der Waals surface area contributed by atoms with Gasteiger partial charge in [-0.3, -0.25) is 4.98 Å². The van der Waals surface area contributed by atoms with Crippen molar-refractivity contribution < 1.29 is 0 Å². The molecule has 162 valence electrons. The smallest absolute Gasteiger partial charge is 0.0715 e. The quantitative estimate of drug-likeness (QED) is 0.306. The average Bonchev–Trinajstić information content (AvgIpc) is 2.88. The largest absolute Gasteiger partial charge is 0.256 e. The first-order valence-electron chi connectivity index (χ1n) is 11.8. The molecule has 2 aromatic heterocycles. The summed E-state index contributed by atoms with van der Waals surface area (Å²) in [5, 5.41) is 0. The number of aryl methyl sites for hydroxylation is 4. The minimum Gasteiger partial charge on any atom is -0.256 e. The second-order valence-electron chi connectivity index (χ2n) is 8.28. The number of nitrogens with zero attached hydrogens (tertiary/aromatic N) is 2. The van der Waals surface area contributed by atoms with E-state index in [4.69, 9.17) is 4.98 Å². The average molecular weight is 421 g/mol. The van der Waals surface area contributed by atoms with Crippen LogP contribution in [-0.4, -0.2) is 9.97 Å². The van der Waals surface area contributed by atoms with Crippen LogP contribution in [0.2, 0.25) is 0 Å². The van der Waals surface area contributed by atoms with E-state index in [1.807, 2.05) is 6.20 Å². The van der Waals surface area contributed by atoms with E-state index in [1.54, 1.807) is 0 Å².